The van der Waals surface area contributed by atoms with Gasteiger partial charge >= 0.3 is 0 Å². The summed E-state index contributed by atoms with van der Waals surface area (Å²) in [6, 6.07) is 10.6. The van der Waals surface area contributed by atoms with E-state index in [0.717, 1.165) is 18.8 Å². The largest absolute Gasteiger partial charge is 0.300 e. The van der Waals surface area contributed by atoms with Crippen LogP contribution in [0.15, 0.2) is 40.7 Å². The lowest BCUT2D eigenvalue weighted by Crippen LogP contribution is -2.20. The second-order valence-electron chi connectivity index (χ2n) is 4.26. The number of nitrogens with zero attached hydrogens (tertiary/aromatic N) is 2. The van der Waals surface area contributed by atoms with Crippen LogP contribution in [0.3, 0.4) is 0 Å². The number of aryl methyl sites for hydroxylation is 1. The predicted octanol–water partition coefficient (Wildman–Crippen LogP) is 3.68. The van der Waals surface area contributed by atoms with Crippen molar-refractivity contribution < 1.29 is 0 Å². The van der Waals surface area contributed by atoms with Gasteiger partial charge in [-0.15, -0.1) is 23.1 Å². The number of benzene rings is 1. The highest BCUT2D eigenvalue weighted by Crippen LogP contribution is 2.18. The summed E-state index contributed by atoms with van der Waals surface area (Å²) in [5.41, 5.74) is 3.10. The first-order chi connectivity index (χ1) is 8.75. The van der Waals surface area contributed by atoms with Crippen molar-refractivity contribution in [2.75, 3.05) is 19.3 Å². The van der Waals surface area contributed by atoms with Gasteiger partial charge in [0.15, 0.2) is 0 Å². The first kappa shape index (κ1) is 13.6. The molecule has 0 aliphatic carbocycles. The molecule has 0 saturated carbocycles. The summed E-state index contributed by atoms with van der Waals surface area (Å²) >= 11 is 3.66. The molecule has 0 bridgehead atoms. The van der Waals surface area contributed by atoms with Crippen molar-refractivity contribution in [1.29, 1.82) is 0 Å². The molecule has 1 aromatic heterocycles. The molecule has 2 rings (SSSR count). The van der Waals surface area contributed by atoms with Crippen molar-refractivity contribution in [3.63, 3.8) is 0 Å². The van der Waals surface area contributed by atoms with E-state index < -0.39 is 0 Å². The molecule has 1 aromatic carbocycles. The van der Waals surface area contributed by atoms with Crippen LogP contribution in [0.1, 0.15) is 10.6 Å². The summed E-state index contributed by atoms with van der Waals surface area (Å²) in [4.78, 5) is 9.37. The second-order valence-corrected chi connectivity index (χ2v) is 6.37. The van der Waals surface area contributed by atoms with Crippen LogP contribution < -0.4 is 0 Å². The Kier molecular flexibility index (Phi) is 5.23. The molecule has 0 fully saturated rings. The van der Waals surface area contributed by atoms with E-state index in [0.29, 0.717) is 0 Å². The fraction of sp³-hybridized carbons (Fsp3) is 0.357. The zero-order valence-corrected chi connectivity index (χ0v) is 12.4. The van der Waals surface area contributed by atoms with Crippen molar-refractivity contribution in [3.05, 3.63) is 46.4 Å². The maximum atomic E-state index is 4.28. The molecule has 2 aromatic rings. The molecule has 4 heteroatoms. The summed E-state index contributed by atoms with van der Waals surface area (Å²) < 4.78 is 0. The van der Waals surface area contributed by atoms with E-state index >= 15 is 0 Å². The zero-order valence-electron chi connectivity index (χ0n) is 10.8. The highest BCUT2D eigenvalue weighted by Gasteiger charge is 2.05. The molecule has 0 aliphatic heterocycles. The lowest BCUT2D eigenvalue weighted by molar-refractivity contribution is 0.351. The van der Waals surface area contributed by atoms with E-state index in [1.54, 1.807) is 11.3 Å². The molecule has 0 spiro atoms. The normalized spacial score (nSPS) is 11.1. The summed E-state index contributed by atoms with van der Waals surface area (Å²) in [5, 5.41) is 0. The minimum Gasteiger partial charge on any atom is -0.300 e. The van der Waals surface area contributed by atoms with Crippen LogP contribution in [0.25, 0.3) is 0 Å². The van der Waals surface area contributed by atoms with Gasteiger partial charge in [0, 0.05) is 28.6 Å². The molecular weight excluding hydrogens is 260 g/mol. The van der Waals surface area contributed by atoms with E-state index in [1.165, 1.54) is 15.5 Å². The highest BCUT2D eigenvalue weighted by molar-refractivity contribution is 7.99. The SMILES string of the molecule is Cc1ncsc1CN(C)CCSc1ccccc1. The second kappa shape index (κ2) is 6.92. The van der Waals surface area contributed by atoms with Gasteiger partial charge in [0.05, 0.1) is 11.2 Å². The van der Waals surface area contributed by atoms with Crippen molar-refractivity contribution >= 4 is 23.1 Å². The number of rotatable bonds is 6. The molecule has 0 N–H and O–H groups in total. The Morgan fingerprint density at radius 1 is 1.28 bits per heavy atom. The average Bonchev–Trinajstić information content (AvgIpc) is 2.76. The van der Waals surface area contributed by atoms with Crippen molar-refractivity contribution in [2.24, 2.45) is 0 Å². The van der Waals surface area contributed by atoms with Gasteiger partial charge in [0.2, 0.25) is 0 Å². The molecule has 1 heterocycles. The molecule has 0 aliphatic rings. The number of aromatic nitrogens is 1. The fourth-order valence-electron chi connectivity index (χ4n) is 1.64. The van der Waals surface area contributed by atoms with Crippen LogP contribution in [0.2, 0.25) is 0 Å². The third-order valence-corrected chi connectivity index (χ3v) is 4.66. The van der Waals surface area contributed by atoms with Crippen LogP contribution in [0.4, 0.5) is 0 Å². The van der Waals surface area contributed by atoms with Crippen LogP contribution >= 0.6 is 23.1 Å². The molecule has 18 heavy (non-hydrogen) atoms. The Labute approximate surface area is 117 Å². The van der Waals surface area contributed by atoms with E-state index in [1.807, 2.05) is 17.3 Å². The Hall–Kier alpha value is -0.840. The fourth-order valence-corrected chi connectivity index (χ4v) is 3.48. The Bertz CT molecular complexity index is 468. The number of hydrogen-bond acceptors (Lipinski definition) is 4. The maximum absolute atomic E-state index is 4.28. The number of thioether (sulfide) groups is 1. The van der Waals surface area contributed by atoms with E-state index in [4.69, 9.17) is 0 Å². The Morgan fingerprint density at radius 3 is 2.72 bits per heavy atom. The molecule has 2 nitrogen and oxygen atoms in total. The van der Waals surface area contributed by atoms with E-state index in [2.05, 4.69) is 54.2 Å². The van der Waals surface area contributed by atoms with Crippen molar-refractivity contribution in [1.82, 2.24) is 9.88 Å². The lowest BCUT2D eigenvalue weighted by atomic mass is 10.4. The van der Waals surface area contributed by atoms with Gasteiger partial charge in [0.1, 0.15) is 0 Å². The number of thiazole rings is 1. The zero-order chi connectivity index (χ0) is 12.8. The minimum atomic E-state index is 1.01. The monoisotopic (exact) mass is 278 g/mol. The molecule has 0 saturated heterocycles. The summed E-state index contributed by atoms with van der Waals surface area (Å²) in [7, 11) is 2.17. The molecule has 0 atom stereocenters. The molecule has 96 valence electrons. The molecule has 0 unspecified atom stereocenters. The highest BCUT2D eigenvalue weighted by atomic mass is 32.2. The maximum Gasteiger partial charge on any atom is 0.0798 e. The first-order valence-electron chi connectivity index (χ1n) is 6.01. The van der Waals surface area contributed by atoms with Crippen LogP contribution in [0, 0.1) is 6.92 Å². The first-order valence-corrected chi connectivity index (χ1v) is 7.87. The summed E-state index contributed by atoms with van der Waals surface area (Å²) in [5.74, 6) is 1.12. The third-order valence-electron chi connectivity index (χ3n) is 2.74. The van der Waals surface area contributed by atoms with Gasteiger partial charge in [-0.25, -0.2) is 4.98 Å². The molecule has 0 amide bonds. The lowest BCUT2D eigenvalue weighted by Gasteiger charge is -2.15. The van der Waals surface area contributed by atoms with Crippen molar-refractivity contribution in [2.45, 2.75) is 18.4 Å². The topological polar surface area (TPSA) is 16.1 Å². The third kappa shape index (κ3) is 4.12. The van der Waals surface area contributed by atoms with Crippen LogP contribution in [-0.4, -0.2) is 29.2 Å². The smallest absolute Gasteiger partial charge is 0.0798 e. The molecule has 0 radical (unpaired) electrons. The van der Waals surface area contributed by atoms with Crippen LogP contribution in [0.5, 0.6) is 0 Å². The predicted molar refractivity (Wildman–Crippen MR) is 80.4 cm³/mol. The Balaban J connectivity index is 1.72. The Morgan fingerprint density at radius 2 is 2.06 bits per heavy atom. The van der Waals surface area contributed by atoms with Gasteiger partial charge in [-0.05, 0) is 26.1 Å². The van der Waals surface area contributed by atoms with Gasteiger partial charge in [-0.1, -0.05) is 18.2 Å². The van der Waals surface area contributed by atoms with Crippen molar-refractivity contribution in [3.8, 4) is 0 Å². The standard InChI is InChI=1S/C14H18N2S2/c1-12-14(18-11-15-12)10-16(2)8-9-17-13-6-4-3-5-7-13/h3-7,11H,8-10H2,1-2H3. The van der Waals surface area contributed by atoms with E-state index in [-0.39, 0.29) is 0 Å². The summed E-state index contributed by atoms with van der Waals surface area (Å²) in [6.45, 7) is 4.18. The van der Waals surface area contributed by atoms with E-state index in [9.17, 15) is 0 Å². The van der Waals surface area contributed by atoms with Gasteiger partial charge < -0.3 is 4.90 Å². The van der Waals surface area contributed by atoms with Gasteiger partial charge in [0.25, 0.3) is 0 Å². The minimum absolute atomic E-state index is 1.01. The summed E-state index contributed by atoms with van der Waals surface area (Å²) in [6.07, 6.45) is 0. The van der Waals surface area contributed by atoms with Gasteiger partial charge in [-0.2, -0.15) is 0 Å². The van der Waals surface area contributed by atoms with Gasteiger partial charge in [-0.3, -0.25) is 0 Å². The quantitative estimate of drug-likeness (QED) is 0.750. The van der Waals surface area contributed by atoms with Crippen LogP contribution in [-0.2, 0) is 6.54 Å². The number of hydrogen-bond donors (Lipinski definition) is 0. The average molecular weight is 278 g/mol. The molecular formula is C14H18N2S2.